The number of hydrogen-bond donors (Lipinski definition) is 1. The molecule has 2 aliphatic rings. The van der Waals surface area contributed by atoms with Crippen LogP contribution >= 0.6 is 0 Å². The van der Waals surface area contributed by atoms with Crippen LogP contribution in [0.5, 0.6) is 0 Å². The van der Waals surface area contributed by atoms with Gasteiger partial charge in [-0.15, -0.1) is 0 Å². The third kappa shape index (κ3) is 4.96. The molecule has 0 unspecified atom stereocenters. The molecule has 1 atom stereocenters. The number of benzene rings is 2. The molecule has 0 spiro atoms. The van der Waals surface area contributed by atoms with Crippen LogP contribution in [0.1, 0.15) is 6.42 Å². The zero-order valence-electron chi connectivity index (χ0n) is 16.7. The third-order valence-electron chi connectivity index (χ3n) is 5.21. The highest BCUT2D eigenvalue weighted by Crippen LogP contribution is 2.26. The molecule has 0 radical (unpaired) electrons. The van der Waals surface area contributed by atoms with E-state index in [2.05, 4.69) is 20.4 Å². The average molecular weight is 407 g/mol. The van der Waals surface area contributed by atoms with Gasteiger partial charge in [0, 0.05) is 26.2 Å². The number of imide groups is 1. The number of nitrogens with one attached hydrogen (secondary N) is 1. The number of anilines is 1. The van der Waals surface area contributed by atoms with Crippen LogP contribution in [0.3, 0.4) is 0 Å². The number of carbonyl (C=O) groups excluding carboxylic acids is 2. The minimum Gasteiger partial charge on any atom is -0.379 e. The van der Waals surface area contributed by atoms with Crippen LogP contribution in [-0.2, 0) is 14.3 Å². The van der Waals surface area contributed by atoms with Crippen LogP contribution in [0.25, 0.3) is 0 Å². The van der Waals surface area contributed by atoms with E-state index in [4.69, 9.17) is 4.74 Å². The minimum absolute atomic E-state index is 0.178. The molecule has 2 saturated heterocycles. The molecular formula is C22H25N5O3. The Hall–Kier alpha value is -2.94. The molecule has 2 fully saturated rings. The van der Waals surface area contributed by atoms with Gasteiger partial charge in [-0.05, 0) is 36.4 Å². The van der Waals surface area contributed by atoms with Gasteiger partial charge in [0.1, 0.15) is 0 Å². The maximum Gasteiger partial charge on any atom is 0.251 e. The Labute approximate surface area is 175 Å². The lowest BCUT2D eigenvalue weighted by Crippen LogP contribution is -2.44. The van der Waals surface area contributed by atoms with E-state index < -0.39 is 6.04 Å². The smallest absolute Gasteiger partial charge is 0.251 e. The van der Waals surface area contributed by atoms with E-state index >= 15 is 0 Å². The standard InChI is InChI=1S/C22H25N5O3/c28-21-16-20(23-10-11-26-12-14-30-15-13-26)22(29)27(21)19-8-6-18(7-9-19)25-24-17-4-2-1-3-5-17/h1-9,20,23H,10-16H2/t20-/m0/s1. The maximum absolute atomic E-state index is 12.8. The van der Waals surface area contributed by atoms with Gasteiger partial charge in [0.25, 0.3) is 5.91 Å². The number of morpholine rings is 1. The molecule has 1 N–H and O–H groups in total. The normalized spacial score (nSPS) is 20.4. The van der Waals surface area contributed by atoms with Crippen LogP contribution in [0.4, 0.5) is 17.1 Å². The lowest BCUT2D eigenvalue weighted by atomic mass is 10.2. The molecular weight excluding hydrogens is 382 g/mol. The van der Waals surface area contributed by atoms with Crippen LogP contribution in [-0.4, -0.2) is 62.1 Å². The Morgan fingerprint density at radius 3 is 2.30 bits per heavy atom. The van der Waals surface area contributed by atoms with E-state index in [1.54, 1.807) is 24.3 Å². The van der Waals surface area contributed by atoms with Gasteiger partial charge < -0.3 is 10.1 Å². The maximum atomic E-state index is 12.8. The van der Waals surface area contributed by atoms with E-state index in [1.165, 1.54) is 4.90 Å². The summed E-state index contributed by atoms with van der Waals surface area (Å²) in [7, 11) is 0. The van der Waals surface area contributed by atoms with Crippen LogP contribution in [0, 0.1) is 0 Å². The quantitative estimate of drug-likeness (QED) is 0.563. The van der Waals surface area contributed by atoms with E-state index in [0.717, 1.165) is 38.5 Å². The lowest BCUT2D eigenvalue weighted by molar-refractivity contribution is -0.121. The van der Waals surface area contributed by atoms with Crippen LogP contribution in [0.2, 0.25) is 0 Å². The Balaban J connectivity index is 1.33. The van der Waals surface area contributed by atoms with Gasteiger partial charge in [0.05, 0.1) is 42.7 Å². The summed E-state index contributed by atoms with van der Waals surface area (Å²) in [6.45, 7) is 4.79. The molecule has 30 heavy (non-hydrogen) atoms. The Morgan fingerprint density at radius 1 is 0.933 bits per heavy atom. The number of rotatable bonds is 7. The van der Waals surface area contributed by atoms with Crippen molar-refractivity contribution in [1.82, 2.24) is 10.2 Å². The number of amides is 2. The summed E-state index contributed by atoms with van der Waals surface area (Å²) in [4.78, 5) is 28.8. The van der Waals surface area contributed by atoms with Crippen molar-refractivity contribution in [3.05, 3.63) is 54.6 Å². The van der Waals surface area contributed by atoms with Crippen molar-refractivity contribution >= 4 is 28.9 Å². The first-order valence-corrected chi connectivity index (χ1v) is 10.2. The number of nitrogens with zero attached hydrogens (tertiary/aromatic N) is 4. The molecule has 8 heteroatoms. The fourth-order valence-electron chi connectivity index (χ4n) is 3.56. The van der Waals surface area contributed by atoms with Gasteiger partial charge in [0.15, 0.2) is 0 Å². The average Bonchev–Trinajstić information content (AvgIpc) is 3.07. The summed E-state index contributed by atoms with van der Waals surface area (Å²) in [6.07, 6.45) is 0.178. The summed E-state index contributed by atoms with van der Waals surface area (Å²) in [5.41, 5.74) is 1.97. The zero-order chi connectivity index (χ0) is 20.8. The summed E-state index contributed by atoms with van der Waals surface area (Å²) >= 11 is 0. The van der Waals surface area contributed by atoms with Gasteiger partial charge in [-0.3, -0.25) is 14.5 Å². The SMILES string of the molecule is O=C1C[C@H](NCCN2CCOCC2)C(=O)N1c1ccc(N=Nc2ccccc2)cc1. The molecule has 2 aromatic carbocycles. The number of azo groups is 1. The highest BCUT2D eigenvalue weighted by molar-refractivity contribution is 6.22. The Bertz CT molecular complexity index is 895. The molecule has 0 aliphatic carbocycles. The van der Waals surface area contributed by atoms with Gasteiger partial charge in [-0.25, -0.2) is 4.90 Å². The third-order valence-corrected chi connectivity index (χ3v) is 5.21. The van der Waals surface area contributed by atoms with Crippen molar-refractivity contribution in [2.24, 2.45) is 10.2 Å². The van der Waals surface area contributed by atoms with E-state index in [9.17, 15) is 9.59 Å². The Kier molecular flexibility index (Phi) is 6.58. The van der Waals surface area contributed by atoms with Gasteiger partial charge in [-0.1, -0.05) is 18.2 Å². The van der Waals surface area contributed by atoms with E-state index in [1.807, 2.05) is 30.3 Å². The molecule has 0 aromatic heterocycles. The second kappa shape index (κ2) is 9.71. The molecule has 0 bridgehead atoms. The van der Waals surface area contributed by atoms with Crippen molar-refractivity contribution in [2.45, 2.75) is 12.5 Å². The number of ether oxygens (including phenoxy) is 1. The fraction of sp³-hybridized carbons (Fsp3) is 0.364. The Morgan fingerprint density at radius 2 is 1.60 bits per heavy atom. The van der Waals surface area contributed by atoms with E-state index in [0.29, 0.717) is 17.9 Å². The predicted octanol–water partition coefficient (Wildman–Crippen LogP) is 2.66. The molecule has 8 nitrogen and oxygen atoms in total. The first-order valence-electron chi connectivity index (χ1n) is 10.2. The summed E-state index contributed by atoms with van der Waals surface area (Å²) in [6, 6.07) is 15.9. The predicted molar refractivity (Wildman–Crippen MR) is 113 cm³/mol. The summed E-state index contributed by atoms with van der Waals surface area (Å²) in [5.74, 6) is -0.400. The summed E-state index contributed by atoms with van der Waals surface area (Å²) < 4.78 is 5.34. The fourth-order valence-corrected chi connectivity index (χ4v) is 3.56. The highest BCUT2D eigenvalue weighted by Gasteiger charge is 2.39. The van der Waals surface area contributed by atoms with Gasteiger partial charge in [0.2, 0.25) is 5.91 Å². The molecule has 2 heterocycles. The molecule has 2 aliphatic heterocycles. The van der Waals surface area contributed by atoms with Gasteiger partial charge in [-0.2, -0.15) is 10.2 Å². The molecule has 4 rings (SSSR count). The largest absolute Gasteiger partial charge is 0.379 e. The zero-order valence-corrected chi connectivity index (χ0v) is 16.7. The van der Waals surface area contributed by atoms with Crippen molar-refractivity contribution in [1.29, 1.82) is 0 Å². The highest BCUT2D eigenvalue weighted by atomic mass is 16.5. The van der Waals surface area contributed by atoms with Crippen molar-refractivity contribution < 1.29 is 14.3 Å². The first-order chi connectivity index (χ1) is 14.7. The molecule has 2 aromatic rings. The lowest BCUT2D eigenvalue weighted by Gasteiger charge is -2.27. The second-order valence-electron chi connectivity index (χ2n) is 7.28. The van der Waals surface area contributed by atoms with Crippen molar-refractivity contribution in [2.75, 3.05) is 44.3 Å². The van der Waals surface area contributed by atoms with Gasteiger partial charge >= 0.3 is 0 Å². The van der Waals surface area contributed by atoms with Crippen molar-refractivity contribution in [3.8, 4) is 0 Å². The van der Waals surface area contributed by atoms with Crippen molar-refractivity contribution in [3.63, 3.8) is 0 Å². The topological polar surface area (TPSA) is 86.6 Å². The second-order valence-corrected chi connectivity index (χ2v) is 7.28. The first kappa shape index (κ1) is 20.3. The summed E-state index contributed by atoms with van der Waals surface area (Å²) in [5, 5.41) is 11.6. The van der Waals surface area contributed by atoms with Crippen LogP contribution < -0.4 is 10.2 Å². The van der Waals surface area contributed by atoms with Crippen LogP contribution in [0.15, 0.2) is 64.8 Å². The van der Waals surface area contributed by atoms with E-state index in [-0.39, 0.29) is 18.2 Å². The minimum atomic E-state index is -0.476. The number of hydrogen-bond acceptors (Lipinski definition) is 7. The molecule has 156 valence electrons. The molecule has 2 amide bonds. The number of carbonyl (C=O) groups is 2. The monoisotopic (exact) mass is 407 g/mol. The molecule has 0 saturated carbocycles.